The number of carbonyl (C=O) groups is 1. The molecule has 0 unspecified atom stereocenters. The fourth-order valence-corrected chi connectivity index (χ4v) is 2.32. The zero-order valence-electron chi connectivity index (χ0n) is 8.47. The van der Waals surface area contributed by atoms with Gasteiger partial charge >= 0.3 is 0 Å². The SMILES string of the molecule is CC(C)(C1CCC1)N1CNCC1=O. The van der Waals surface area contributed by atoms with Gasteiger partial charge in [0.15, 0.2) is 0 Å². The van der Waals surface area contributed by atoms with Gasteiger partial charge in [-0.25, -0.2) is 0 Å². The van der Waals surface area contributed by atoms with Gasteiger partial charge in [-0.3, -0.25) is 10.1 Å². The molecule has 3 nitrogen and oxygen atoms in total. The van der Waals surface area contributed by atoms with Gasteiger partial charge in [0.25, 0.3) is 0 Å². The number of rotatable bonds is 2. The molecule has 1 amide bonds. The number of hydrogen-bond donors (Lipinski definition) is 1. The highest BCUT2D eigenvalue weighted by molar-refractivity contribution is 5.80. The van der Waals surface area contributed by atoms with Crippen molar-refractivity contribution < 1.29 is 4.79 Å². The maximum atomic E-state index is 11.5. The molecule has 13 heavy (non-hydrogen) atoms. The molecule has 0 aromatic rings. The van der Waals surface area contributed by atoms with Gasteiger partial charge in [-0.15, -0.1) is 0 Å². The van der Waals surface area contributed by atoms with E-state index in [-0.39, 0.29) is 11.4 Å². The van der Waals surface area contributed by atoms with E-state index in [1.165, 1.54) is 19.3 Å². The fourth-order valence-electron chi connectivity index (χ4n) is 2.32. The zero-order chi connectivity index (χ0) is 9.47. The first-order chi connectivity index (χ1) is 6.12. The van der Waals surface area contributed by atoms with E-state index in [9.17, 15) is 4.79 Å². The predicted molar refractivity (Wildman–Crippen MR) is 51.1 cm³/mol. The van der Waals surface area contributed by atoms with Crippen molar-refractivity contribution in [3.05, 3.63) is 0 Å². The van der Waals surface area contributed by atoms with Crippen LogP contribution in [0.5, 0.6) is 0 Å². The fraction of sp³-hybridized carbons (Fsp3) is 0.900. The van der Waals surface area contributed by atoms with Crippen molar-refractivity contribution in [2.45, 2.75) is 38.6 Å². The summed E-state index contributed by atoms with van der Waals surface area (Å²) in [6.07, 6.45) is 3.91. The number of amides is 1. The first-order valence-electron chi connectivity index (χ1n) is 5.13. The largest absolute Gasteiger partial charge is 0.323 e. The minimum Gasteiger partial charge on any atom is -0.323 e. The molecule has 1 aliphatic carbocycles. The monoisotopic (exact) mass is 182 g/mol. The van der Waals surface area contributed by atoms with E-state index in [0.717, 1.165) is 12.6 Å². The van der Waals surface area contributed by atoms with Crippen LogP contribution in [-0.2, 0) is 4.79 Å². The Balaban J connectivity index is 2.07. The van der Waals surface area contributed by atoms with Crippen LogP contribution < -0.4 is 5.32 Å². The predicted octanol–water partition coefficient (Wildman–Crippen LogP) is 0.954. The Hall–Kier alpha value is -0.570. The molecular formula is C10H18N2O. The number of nitrogens with one attached hydrogen (secondary N) is 1. The zero-order valence-corrected chi connectivity index (χ0v) is 8.47. The third-order valence-electron chi connectivity index (χ3n) is 3.65. The molecule has 0 atom stereocenters. The van der Waals surface area contributed by atoms with E-state index in [0.29, 0.717) is 6.54 Å². The molecule has 1 N–H and O–H groups in total. The smallest absolute Gasteiger partial charge is 0.238 e. The van der Waals surface area contributed by atoms with E-state index in [1.807, 2.05) is 4.90 Å². The van der Waals surface area contributed by atoms with E-state index in [2.05, 4.69) is 19.2 Å². The summed E-state index contributed by atoms with van der Waals surface area (Å²) in [4.78, 5) is 13.5. The van der Waals surface area contributed by atoms with Crippen LogP contribution in [0.3, 0.4) is 0 Å². The van der Waals surface area contributed by atoms with Crippen LogP contribution in [0, 0.1) is 5.92 Å². The van der Waals surface area contributed by atoms with Gasteiger partial charge < -0.3 is 4.90 Å². The maximum Gasteiger partial charge on any atom is 0.238 e. The first kappa shape index (κ1) is 9.00. The number of nitrogens with zero attached hydrogens (tertiary/aromatic N) is 1. The summed E-state index contributed by atoms with van der Waals surface area (Å²) in [5, 5.41) is 3.11. The maximum absolute atomic E-state index is 11.5. The second-order valence-electron chi connectivity index (χ2n) is 4.69. The number of hydrogen-bond acceptors (Lipinski definition) is 2. The lowest BCUT2D eigenvalue weighted by molar-refractivity contribution is -0.134. The lowest BCUT2D eigenvalue weighted by atomic mass is 9.72. The average molecular weight is 182 g/mol. The molecule has 0 spiro atoms. The van der Waals surface area contributed by atoms with E-state index < -0.39 is 0 Å². The van der Waals surface area contributed by atoms with Crippen molar-refractivity contribution in [1.82, 2.24) is 10.2 Å². The first-order valence-corrected chi connectivity index (χ1v) is 5.13. The minimum atomic E-state index is 0.0683. The topological polar surface area (TPSA) is 32.3 Å². The second kappa shape index (κ2) is 2.98. The molecule has 2 aliphatic rings. The highest BCUT2D eigenvalue weighted by Gasteiger charge is 2.42. The Labute approximate surface area is 79.5 Å². The Morgan fingerprint density at radius 1 is 1.46 bits per heavy atom. The molecule has 0 aromatic carbocycles. The van der Waals surface area contributed by atoms with Crippen molar-refractivity contribution in [2.75, 3.05) is 13.2 Å². The van der Waals surface area contributed by atoms with Crippen LogP contribution in [0.25, 0.3) is 0 Å². The van der Waals surface area contributed by atoms with E-state index >= 15 is 0 Å². The Morgan fingerprint density at radius 2 is 2.15 bits per heavy atom. The lowest BCUT2D eigenvalue weighted by Gasteiger charge is -2.46. The average Bonchev–Trinajstić information content (AvgIpc) is 2.29. The summed E-state index contributed by atoms with van der Waals surface area (Å²) in [7, 11) is 0. The van der Waals surface area contributed by atoms with Crippen LogP contribution in [-0.4, -0.2) is 29.6 Å². The highest BCUT2D eigenvalue weighted by atomic mass is 16.2. The summed E-state index contributed by atoms with van der Waals surface area (Å²) in [6, 6.07) is 0. The van der Waals surface area contributed by atoms with Gasteiger partial charge in [-0.2, -0.15) is 0 Å². The molecule has 0 bridgehead atoms. The normalized spacial score (nSPS) is 25.1. The van der Waals surface area contributed by atoms with Crippen LogP contribution in [0.2, 0.25) is 0 Å². The standard InChI is InChI=1S/C10H18N2O/c1-10(2,8-4-3-5-8)12-7-11-6-9(12)13/h8,11H,3-7H2,1-2H3. The van der Waals surface area contributed by atoms with Crippen LogP contribution in [0.4, 0.5) is 0 Å². The minimum absolute atomic E-state index is 0.0683. The summed E-state index contributed by atoms with van der Waals surface area (Å²) in [6.45, 7) is 5.65. The van der Waals surface area contributed by atoms with Crippen molar-refractivity contribution in [1.29, 1.82) is 0 Å². The molecular weight excluding hydrogens is 164 g/mol. The summed E-state index contributed by atoms with van der Waals surface area (Å²) in [5.41, 5.74) is 0.0683. The van der Waals surface area contributed by atoms with Crippen molar-refractivity contribution in [2.24, 2.45) is 5.92 Å². The summed E-state index contributed by atoms with van der Waals surface area (Å²) < 4.78 is 0. The van der Waals surface area contributed by atoms with Crippen LogP contribution in [0.1, 0.15) is 33.1 Å². The molecule has 1 saturated carbocycles. The quantitative estimate of drug-likeness (QED) is 0.689. The second-order valence-corrected chi connectivity index (χ2v) is 4.69. The molecule has 0 aromatic heterocycles. The molecule has 0 radical (unpaired) electrons. The molecule has 2 fully saturated rings. The number of carbonyl (C=O) groups excluding carboxylic acids is 1. The van der Waals surface area contributed by atoms with Crippen molar-refractivity contribution in [3.63, 3.8) is 0 Å². The molecule has 74 valence electrons. The molecule has 1 saturated heterocycles. The Morgan fingerprint density at radius 3 is 2.54 bits per heavy atom. The van der Waals surface area contributed by atoms with Gasteiger partial charge in [-0.1, -0.05) is 6.42 Å². The highest BCUT2D eigenvalue weighted by Crippen LogP contribution is 2.39. The van der Waals surface area contributed by atoms with Gasteiger partial charge in [0.05, 0.1) is 13.2 Å². The summed E-state index contributed by atoms with van der Waals surface area (Å²) in [5.74, 6) is 0.980. The van der Waals surface area contributed by atoms with Gasteiger partial charge in [-0.05, 0) is 32.6 Å². The van der Waals surface area contributed by atoms with Crippen LogP contribution >= 0.6 is 0 Å². The van der Waals surface area contributed by atoms with Gasteiger partial charge in [0.1, 0.15) is 0 Å². The van der Waals surface area contributed by atoms with Crippen LogP contribution in [0.15, 0.2) is 0 Å². The molecule has 1 aliphatic heterocycles. The van der Waals surface area contributed by atoms with Gasteiger partial charge in [0.2, 0.25) is 5.91 Å². The van der Waals surface area contributed by atoms with Gasteiger partial charge in [0, 0.05) is 5.54 Å². The van der Waals surface area contributed by atoms with Crippen molar-refractivity contribution >= 4 is 5.91 Å². The summed E-state index contributed by atoms with van der Waals surface area (Å²) >= 11 is 0. The lowest BCUT2D eigenvalue weighted by Crippen LogP contribution is -2.52. The molecule has 2 rings (SSSR count). The molecule has 1 heterocycles. The Bertz CT molecular complexity index is 221. The third kappa shape index (κ3) is 1.35. The molecule has 3 heteroatoms. The van der Waals surface area contributed by atoms with E-state index in [1.54, 1.807) is 0 Å². The third-order valence-corrected chi connectivity index (χ3v) is 3.65. The van der Waals surface area contributed by atoms with E-state index in [4.69, 9.17) is 0 Å². The van der Waals surface area contributed by atoms with Crippen molar-refractivity contribution in [3.8, 4) is 0 Å². The Kier molecular flexibility index (Phi) is 2.06.